The summed E-state index contributed by atoms with van der Waals surface area (Å²) in [7, 11) is 3.63. The summed E-state index contributed by atoms with van der Waals surface area (Å²) in [6, 6.07) is 7.75. The second-order valence-electron chi connectivity index (χ2n) is 5.41. The molecule has 0 atom stereocenters. The molecule has 0 unspecified atom stereocenters. The molecule has 0 aromatic heterocycles. The topological polar surface area (TPSA) is 41.6 Å². The van der Waals surface area contributed by atoms with Crippen LogP contribution in [-0.4, -0.2) is 44.6 Å². The summed E-state index contributed by atoms with van der Waals surface area (Å²) in [5.74, 6) is 1.74. The van der Waals surface area contributed by atoms with Crippen molar-refractivity contribution in [2.75, 3.05) is 33.8 Å². The van der Waals surface area contributed by atoms with E-state index in [0.717, 1.165) is 43.8 Å². The van der Waals surface area contributed by atoms with Gasteiger partial charge in [0.15, 0.2) is 0 Å². The fourth-order valence-electron chi connectivity index (χ4n) is 2.74. The number of rotatable bonds is 5. The smallest absolute Gasteiger partial charge is 0.226 e. The van der Waals surface area contributed by atoms with Crippen LogP contribution in [0.2, 0.25) is 0 Å². The summed E-state index contributed by atoms with van der Waals surface area (Å²) in [6.07, 6.45) is 2.67. The fourth-order valence-corrected chi connectivity index (χ4v) is 2.74. The van der Waals surface area contributed by atoms with Crippen LogP contribution in [0, 0.1) is 5.92 Å². The van der Waals surface area contributed by atoms with E-state index in [1.807, 2.05) is 36.2 Å². The molecule has 1 aliphatic rings. The van der Waals surface area contributed by atoms with Crippen LogP contribution >= 0.6 is 12.4 Å². The van der Waals surface area contributed by atoms with Gasteiger partial charge in [0.2, 0.25) is 5.91 Å². The van der Waals surface area contributed by atoms with Crippen molar-refractivity contribution in [3.63, 3.8) is 0 Å². The maximum Gasteiger partial charge on any atom is 0.226 e. The minimum Gasteiger partial charge on any atom is -0.497 e. The molecule has 2 rings (SSSR count). The van der Waals surface area contributed by atoms with Gasteiger partial charge in [-0.05, 0) is 50.0 Å². The van der Waals surface area contributed by atoms with Crippen LogP contribution in [0.25, 0.3) is 0 Å². The monoisotopic (exact) mass is 312 g/mol. The molecule has 0 radical (unpaired) electrons. The predicted molar refractivity (Wildman–Crippen MR) is 87.2 cm³/mol. The van der Waals surface area contributed by atoms with Gasteiger partial charge in [0.25, 0.3) is 0 Å². The van der Waals surface area contributed by atoms with Crippen molar-refractivity contribution in [1.29, 1.82) is 0 Å². The Morgan fingerprint density at radius 3 is 2.71 bits per heavy atom. The van der Waals surface area contributed by atoms with Crippen LogP contribution in [0.1, 0.15) is 18.4 Å². The number of nitrogens with zero attached hydrogens (tertiary/aromatic N) is 1. The van der Waals surface area contributed by atoms with Gasteiger partial charge in [-0.3, -0.25) is 4.79 Å². The first-order valence-corrected chi connectivity index (χ1v) is 7.28. The number of carbonyl (C=O) groups is 1. The average Bonchev–Trinajstić information content (AvgIpc) is 2.48. The number of carbonyl (C=O) groups excluding carboxylic acids is 1. The molecular formula is C16H25ClN2O2. The maximum atomic E-state index is 12.3. The van der Waals surface area contributed by atoms with E-state index >= 15 is 0 Å². The van der Waals surface area contributed by atoms with Crippen LogP contribution in [0.4, 0.5) is 0 Å². The van der Waals surface area contributed by atoms with Crippen molar-refractivity contribution in [3.8, 4) is 5.75 Å². The van der Waals surface area contributed by atoms with Gasteiger partial charge in [0.1, 0.15) is 5.75 Å². The normalized spacial score (nSPS) is 15.4. The van der Waals surface area contributed by atoms with E-state index in [9.17, 15) is 4.79 Å². The Bertz CT molecular complexity index is 446. The van der Waals surface area contributed by atoms with E-state index in [1.54, 1.807) is 7.11 Å². The molecule has 1 aromatic rings. The number of hydrogen-bond acceptors (Lipinski definition) is 3. The van der Waals surface area contributed by atoms with Gasteiger partial charge in [-0.25, -0.2) is 0 Å². The van der Waals surface area contributed by atoms with Crippen molar-refractivity contribution >= 4 is 18.3 Å². The Kier molecular flexibility index (Phi) is 7.54. The first kappa shape index (κ1) is 17.8. The molecule has 5 heteroatoms. The molecule has 0 bridgehead atoms. The van der Waals surface area contributed by atoms with E-state index in [2.05, 4.69) is 5.32 Å². The minimum absolute atomic E-state index is 0. The van der Waals surface area contributed by atoms with Crippen molar-refractivity contribution in [3.05, 3.63) is 29.8 Å². The van der Waals surface area contributed by atoms with Crippen molar-refractivity contribution in [2.45, 2.75) is 19.3 Å². The molecule has 0 saturated carbocycles. The van der Waals surface area contributed by atoms with Crippen LogP contribution < -0.4 is 10.1 Å². The lowest BCUT2D eigenvalue weighted by Gasteiger charge is -2.32. The lowest BCUT2D eigenvalue weighted by atomic mass is 9.96. The van der Waals surface area contributed by atoms with E-state index in [-0.39, 0.29) is 18.3 Å². The summed E-state index contributed by atoms with van der Waals surface area (Å²) in [6.45, 7) is 2.82. The summed E-state index contributed by atoms with van der Waals surface area (Å²) in [5.41, 5.74) is 1.02. The fraction of sp³-hybridized carbons (Fsp3) is 0.562. The molecule has 1 heterocycles. The molecule has 1 fully saturated rings. The van der Waals surface area contributed by atoms with Crippen molar-refractivity contribution < 1.29 is 9.53 Å². The number of benzene rings is 1. The third kappa shape index (κ3) is 5.21. The highest BCUT2D eigenvalue weighted by Gasteiger charge is 2.22. The number of methoxy groups -OCH3 is 1. The van der Waals surface area contributed by atoms with Crippen LogP contribution in [0.3, 0.4) is 0 Å². The number of ether oxygens (including phenoxy) is 1. The van der Waals surface area contributed by atoms with Crippen LogP contribution in [0.5, 0.6) is 5.75 Å². The lowest BCUT2D eigenvalue weighted by molar-refractivity contribution is -0.131. The zero-order valence-corrected chi connectivity index (χ0v) is 13.6. The second-order valence-corrected chi connectivity index (χ2v) is 5.41. The highest BCUT2D eigenvalue weighted by molar-refractivity contribution is 5.85. The molecule has 1 saturated heterocycles. The quantitative estimate of drug-likeness (QED) is 0.905. The first-order chi connectivity index (χ1) is 9.72. The number of hydrogen-bond donors (Lipinski definition) is 1. The zero-order valence-electron chi connectivity index (χ0n) is 12.8. The second kappa shape index (κ2) is 8.90. The van der Waals surface area contributed by atoms with Crippen LogP contribution in [0.15, 0.2) is 24.3 Å². The van der Waals surface area contributed by atoms with E-state index in [1.165, 1.54) is 0 Å². The van der Waals surface area contributed by atoms with Gasteiger partial charge in [-0.1, -0.05) is 12.1 Å². The molecule has 1 N–H and O–H groups in total. The highest BCUT2D eigenvalue weighted by atomic mass is 35.5. The Morgan fingerprint density at radius 1 is 1.38 bits per heavy atom. The number of amides is 1. The third-order valence-electron chi connectivity index (χ3n) is 3.95. The Balaban J connectivity index is 0.00000220. The lowest BCUT2D eigenvalue weighted by Crippen LogP contribution is -2.41. The number of nitrogens with one attached hydrogen (secondary N) is 1. The Morgan fingerprint density at radius 2 is 2.10 bits per heavy atom. The summed E-state index contributed by atoms with van der Waals surface area (Å²) >= 11 is 0. The van der Waals surface area contributed by atoms with E-state index in [4.69, 9.17) is 4.74 Å². The molecular weight excluding hydrogens is 288 g/mol. The Hall–Kier alpha value is -1.26. The highest BCUT2D eigenvalue weighted by Crippen LogP contribution is 2.18. The predicted octanol–water partition coefficient (Wildman–Crippen LogP) is 2.12. The first-order valence-electron chi connectivity index (χ1n) is 7.28. The van der Waals surface area contributed by atoms with Crippen molar-refractivity contribution in [1.82, 2.24) is 10.2 Å². The average molecular weight is 313 g/mol. The number of piperidine rings is 1. The summed E-state index contributed by atoms with van der Waals surface area (Å²) < 4.78 is 5.19. The molecule has 1 aliphatic heterocycles. The molecule has 1 aromatic carbocycles. The van der Waals surface area contributed by atoms with Crippen LogP contribution in [-0.2, 0) is 11.2 Å². The number of likely N-dealkylation sites (tertiary alicyclic amines) is 1. The minimum atomic E-state index is 0. The molecule has 118 valence electrons. The summed E-state index contributed by atoms with van der Waals surface area (Å²) in [4.78, 5) is 14.3. The molecule has 4 nitrogen and oxygen atoms in total. The maximum absolute atomic E-state index is 12.3. The summed E-state index contributed by atoms with van der Waals surface area (Å²) in [5, 5.41) is 3.22. The zero-order chi connectivity index (χ0) is 14.4. The van der Waals surface area contributed by atoms with E-state index < -0.39 is 0 Å². The SMILES string of the molecule is CNCC1CCN(C(=O)Cc2cccc(OC)c2)CC1.Cl. The van der Waals surface area contributed by atoms with Gasteiger partial charge in [0.05, 0.1) is 13.5 Å². The molecule has 0 spiro atoms. The third-order valence-corrected chi connectivity index (χ3v) is 3.95. The van der Waals surface area contributed by atoms with Gasteiger partial charge < -0.3 is 15.0 Å². The Labute approximate surface area is 133 Å². The van der Waals surface area contributed by atoms with Gasteiger partial charge >= 0.3 is 0 Å². The van der Waals surface area contributed by atoms with Gasteiger partial charge in [-0.15, -0.1) is 12.4 Å². The molecule has 21 heavy (non-hydrogen) atoms. The van der Waals surface area contributed by atoms with Crippen molar-refractivity contribution in [2.24, 2.45) is 5.92 Å². The largest absolute Gasteiger partial charge is 0.497 e. The van der Waals surface area contributed by atoms with E-state index in [0.29, 0.717) is 12.3 Å². The van der Waals surface area contributed by atoms with Gasteiger partial charge in [0, 0.05) is 13.1 Å². The number of halogens is 1. The van der Waals surface area contributed by atoms with Gasteiger partial charge in [-0.2, -0.15) is 0 Å². The standard InChI is InChI=1S/C16H24N2O2.ClH/c1-17-12-13-6-8-18(9-7-13)16(19)11-14-4-3-5-15(10-14)20-2;/h3-5,10,13,17H,6-9,11-12H2,1-2H3;1H. The molecule has 0 aliphatic carbocycles. The molecule has 1 amide bonds.